The molecule has 4 nitrogen and oxygen atoms in total. The van der Waals surface area contributed by atoms with Gasteiger partial charge >= 0.3 is 5.97 Å². The summed E-state index contributed by atoms with van der Waals surface area (Å²) < 4.78 is 6.78. The molecule has 0 bridgehead atoms. The van der Waals surface area contributed by atoms with E-state index in [4.69, 9.17) is 16.3 Å². The van der Waals surface area contributed by atoms with Gasteiger partial charge in [-0.25, -0.2) is 4.79 Å². The van der Waals surface area contributed by atoms with E-state index >= 15 is 0 Å². The molecule has 0 unspecified atom stereocenters. The van der Waals surface area contributed by atoms with Crippen LogP contribution in [0.2, 0.25) is 5.02 Å². The van der Waals surface area contributed by atoms with Gasteiger partial charge in [0.1, 0.15) is 5.56 Å². The first kappa shape index (κ1) is 15.3. The number of pyridine rings is 1. The number of para-hydroxylation sites is 1. The molecular formula is C18H14ClNO3. The number of carbonyl (C=O) groups excluding carboxylic acids is 1. The standard InChI is InChI=1S/C18H14ClNO3/c1-2-23-18(22)15-11-20(13-6-4-3-5-7-13)16-9-8-12(19)10-14(16)17(15)21/h3-11H,2H2,1H3. The van der Waals surface area contributed by atoms with Gasteiger partial charge in [-0.1, -0.05) is 29.8 Å². The molecule has 1 aromatic heterocycles. The molecule has 0 aliphatic heterocycles. The van der Waals surface area contributed by atoms with Crippen molar-refractivity contribution >= 4 is 28.5 Å². The zero-order chi connectivity index (χ0) is 16.4. The van der Waals surface area contributed by atoms with E-state index in [1.807, 2.05) is 30.3 Å². The molecule has 0 radical (unpaired) electrons. The van der Waals surface area contributed by atoms with Crippen LogP contribution in [-0.4, -0.2) is 17.1 Å². The highest BCUT2D eigenvalue weighted by atomic mass is 35.5. The number of hydrogen-bond donors (Lipinski definition) is 0. The van der Waals surface area contributed by atoms with Gasteiger partial charge in [0.2, 0.25) is 5.43 Å². The second-order valence-electron chi connectivity index (χ2n) is 4.96. The predicted molar refractivity (Wildman–Crippen MR) is 90.5 cm³/mol. The number of fused-ring (bicyclic) bond motifs is 1. The number of nitrogens with zero attached hydrogens (tertiary/aromatic N) is 1. The van der Waals surface area contributed by atoms with Gasteiger partial charge in [0, 0.05) is 22.3 Å². The van der Waals surface area contributed by atoms with Gasteiger partial charge in [-0.15, -0.1) is 0 Å². The summed E-state index contributed by atoms with van der Waals surface area (Å²) in [5.41, 5.74) is 1.13. The third-order valence-corrected chi connectivity index (χ3v) is 3.73. The molecule has 0 atom stereocenters. The van der Waals surface area contributed by atoms with Gasteiger partial charge < -0.3 is 9.30 Å². The van der Waals surface area contributed by atoms with Crippen molar-refractivity contribution < 1.29 is 9.53 Å². The van der Waals surface area contributed by atoms with Gasteiger partial charge in [0.15, 0.2) is 0 Å². The maximum atomic E-state index is 12.6. The Labute approximate surface area is 137 Å². The van der Waals surface area contributed by atoms with Crippen LogP contribution in [-0.2, 0) is 4.74 Å². The number of esters is 1. The summed E-state index contributed by atoms with van der Waals surface area (Å²) >= 11 is 6.02. The van der Waals surface area contributed by atoms with E-state index in [9.17, 15) is 9.59 Å². The normalized spacial score (nSPS) is 10.7. The molecule has 0 saturated carbocycles. The highest BCUT2D eigenvalue weighted by Crippen LogP contribution is 2.21. The Balaban J connectivity index is 2.37. The molecule has 1 heterocycles. The van der Waals surface area contributed by atoms with E-state index in [0.717, 1.165) is 5.69 Å². The molecule has 3 aromatic rings. The van der Waals surface area contributed by atoms with Crippen LogP contribution in [0.25, 0.3) is 16.6 Å². The number of benzene rings is 2. The summed E-state index contributed by atoms with van der Waals surface area (Å²) in [6.07, 6.45) is 1.52. The molecule has 0 fully saturated rings. The molecule has 0 aliphatic rings. The summed E-state index contributed by atoms with van der Waals surface area (Å²) in [5, 5.41) is 0.821. The van der Waals surface area contributed by atoms with Crippen LogP contribution in [0, 0.1) is 0 Å². The van der Waals surface area contributed by atoms with Crippen molar-refractivity contribution in [1.29, 1.82) is 0 Å². The van der Waals surface area contributed by atoms with E-state index < -0.39 is 5.97 Å². The zero-order valence-electron chi connectivity index (χ0n) is 12.5. The predicted octanol–water partition coefficient (Wildman–Crippen LogP) is 3.82. The molecule has 0 saturated heterocycles. The maximum absolute atomic E-state index is 12.6. The topological polar surface area (TPSA) is 48.3 Å². The Morgan fingerprint density at radius 3 is 2.61 bits per heavy atom. The molecule has 0 amide bonds. The first-order valence-corrected chi connectivity index (χ1v) is 7.57. The Morgan fingerprint density at radius 1 is 1.17 bits per heavy atom. The van der Waals surface area contributed by atoms with E-state index in [1.54, 1.807) is 29.7 Å². The van der Waals surface area contributed by atoms with Crippen molar-refractivity contribution in [2.75, 3.05) is 6.61 Å². The van der Waals surface area contributed by atoms with E-state index in [-0.39, 0.29) is 17.6 Å². The SMILES string of the molecule is CCOC(=O)c1cn(-c2ccccc2)c2ccc(Cl)cc2c1=O. The second kappa shape index (κ2) is 6.26. The van der Waals surface area contributed by atoms with Gasteiger partial charge in [-0.05, 0) is 37.3 Å². The fourth-order valence-corrected chi connectivity index (χ4v) is 2.63. The van der Waals surface area contributed by atoms with Crippen molar-refractivity contribution in [3.8, 4) is 5.69 Å². The third kappa shape index (κ3) is 2.85. The number of aromatic nitrogens is 1. The van der Waals surface area contributed by atoms with Crippen LogP contribution in [0.3, 0.4) is 0 Å². The van der Waals surface area contributed by atoms with E-state index in [2.05, 4.69) is 0 Å². The third-order valence-electron chi connectivity index (χ3n) is 3.50. The average molecular weight is 328 g/mol. The molecule has 0 aliphatic carbocycles. The number of halogens is 1. The van der Waals surface area contributed by atoms with Gasteiger partial charge in [-0.2, -0.15) is 0 Å². The Bertz CT molecular complexity index is 932. The van der Waals surface area contributed by atoms with Gasteiger partial charge in [-0.3, -0.25) is 4.79 Å². The number of rotatable bonds is 3. The van der Waals surface area contributed by atoms with Crippen molar-refractivity contribution in [3.63, 3.8) is 0 Å². The van der Waals surface area contributed by atoms with Gasteiger partial charge in [0.25, 0.3) is 0 Å². The van der Waals surface area contributed by atoms with Crippen LogP contribution < -0.4 is 5.43 Å². The summed E-state index contributed by atoms with van der Waals surface area (Å²) in [6, 6.07) is 14.5. The second-order valence-corrected chi connectivity index (χ2v) is 5.40. The highest BCUT2D eigenvalue weighted by molar-refractivity contribution is 6.31. The molecule has 23 heavy (non-hydrogen) atoms. The first-order chi connectivity index (χ1) is 11.1. The molecule has 5 heteroatoms. The lowest BCUT2D eigenvalue weighted by atomic mass is 10.1. The molecule has 3 rings (SSSR count). The van der Waals surface area contributed by atoms with E-state index in [1.165, 1.54) is 6.20 Å². The summed E-state index contributed by atoms with van der Waals surface area (Å²) in [5.74, 6) is -0.635. The molecule has 2 aromatic carbocycles. The van der Waals surface area contributed by atoms with Crippen LogP contribution in [0.15, 0.2) is 59.5 Å². The fourth-order valence-electron chi connectivity index (χ4n) is 2.46. The molecule has 116 valence electrons. The minimum Gasteiger partial charge on any atom is -0.462 e. The lowest BCUT2D eigenvalue weighted by Gasteiger charge is -2.13. The van der Waals surface area contributed by atoms with Crippen molar-refractivity contribution in [2.45, 2.75) is 6.92 Å². The summed E-state index contributed by atoms with van der Waals surface area (Å²) in [6.45, 7) is 1.91. The Morgan fingerprint density at radius 2 is 1.91 bits per heavy atom. The molecule has 0 N–H and O–H groups in total. The smallest absolute Gasteiger partial charge is 0.343 e. The van der Waals surface area contributed by atoms with Crippen LogP contribution in [0.5, 0.6) is 0 Å². The zero-order valence-corrected chi connectivity index (χ0v) is 13.2. The minimum absolute atomic E-state index is 0.00882. The van der Waals surface area contributed by atoms with Crippen molar-refractivity contribution in [1.82, 2.24) is 4.57 Å². The molecule has 0 spiro atoms. The Hall–Kier alpha value is -2.59. The monoisotopic (exact) mass is 327 g/mol. The minimum atomic E-state index is -0.635. The number of carbonyl (C=O) groups is 1. The van der Waals surface area contributed by atoms with Crippen LogP contribution in [0.1, 0.15) is 17.3 Å². The maximum Gasteiger partial charge on any atom is 0.343 e. The van der Waals surface area contributed by atoms with Crippen LogP contribution in [0.4, 0.5) is 0 Å². The summed E-state index contributed by atoms with van der Waals surface area (Å²) in [4.78, 5) is 24.7. The van der Waals surface area contributed by atoms with Crippen LogP contribution >= 0.6 is 11.6 Å². The lowest BCUT2D eigenvalue weighted by molar-refractivity contribution is 0.0524. The largest absolute Gasteiger partial charge is 0.462 e. The van der Waals surface area contributed by atoms with Gasteiger partial charge in [0.05, 0.1) is 12.1 Å². The quantitative estimate of drug-likeness (QED) is 0.687. The van der Waals surface area contributed by atoms with E-state index in [0.29, 0.717) is 15.9 Å². The lowest BCUT2D eigenvalue weighted by Crippen LogP contribution is -2.20. The fraction of sp³-hybridized carbons (Fsp3) is 0.111. The number of ether oxygens (including phenoxy) is 1. The number of hydrogen-bond acceptors (Lipinski definition) is 3. The average Bonchev–Trinajstić information content (AvgIpc) is 2.56. The van der Waals surface area contributed by atoms with Crippen molar-refractivity contribution in [2.24, 2.45) is 0 Å². The van der Waals surface area contributed by atoms with Crippen molar-refractivity contribution in [3.05, 3.63) is 75.5 Å². The first-order valence-electron chi connectivity index (χ1n) is 7.19. The summed E-state index contributed by atoms with van der Waals surface area (Å²) in [7, 11) is 0. The Kier molecular flexibility index (Phi) is 4.17. The highest BCUT2D eigenvalue weighted by Gasteiger charge is 2.17. The molecular weight excluding hydrogens is 314 g/mol.